The summed E-state index contributed by atoms with van der Waals surface area (Å²) >= 11 is 0. The van der Waals surface area contributed by atoms with Crippen molar-refractivity contribution in [2.24, 2.45) is 0 Å². The van der Waals surface area contributed by atoms with Gasteiger partial charge in [0.25, 0.3) is 0 Å². The molecule has 2 aromatic rings. The molecule has 0 saturated carbocycles. The van der Waals surface area contributed by atoms with E-state index in [4.69, 9.17) is 5.11 Å². The summed E-state index contributed by atoms with van der Waals surface area (Å²) in [6.07, 6.45) is 3.39. The predicted molar refractivity (Wildman–Crippen MR) is 75.3 cm³/mol. The Morgan fingerprint density at radius 2 is 2.26 bits per heavy atom. The smallest absolute Gasteiger partial charge is 0.204 e. The van der Waals surface area contributed by atoms with E-state index in [2.05, 4.69) is 25.3 Å². The molecule has 2 aromatic heterocycles. The van der Waals surface area contributed by atoms with Gasteiger partial charge in [0, 0.05) is 20.6 Å². The molecule has 19 heavy (non-hydrogen) atoms. The van der Waals surface area contributed by atoms with Gasteiger partial charge in [-0.15, -0.1) is 0 Å². The van der Waals surface area contributed by atoms with Gasteiger partial charge in [0.1, 0.15) is 11.8 Å². The van der Waals surface area contributed by atoms with Crippen molar-refractivity contribution in [1.29, 1.82) is 0 Å². The van der Waals surface area contributed by atoms with Crippen LogP contribution in [-0.4, -0.2) is 52.3 Å². The summed E-state index contributed by atoms with van der Waals surface area (Å²) in [4.78, 5) is 17.7. The van der Waals surface area contributed by atoms with Gasteiger partial charge in [0.2, 0.25) is 5.95 Å². The van der Waals surface area contributed by atoms with Gasteiger partial charge in [-0.3, -0.25) is 0 Å². The van der Waals surface area contributed by atoms with Crippen molar-refractivity contribution in [3.05, 3.63) is 18.0 Å². The molecule has 0 aromatic carbocycles. The van der Waals surface area contributed by atoms with E-state index in [1.165, 1.54) is 6.33 Å². The molecule has 0 aliphatic heterocycles. The molecule has 0 fully saturated rings. The van der Waals surface area contributed by atoms with Crippen molar-refractivity contribution in [1.82, 2.24) is 19.9 Å². The Bertz CT molecular complexity index is 589. The first-order valence-corrected chi connectivity index (χ1v) is 6.00. The summed E-state index contributed by atoms with van der Waals surface area (Å²) < 4.78 is 0. The van der Waals surface area contributed by atoms with Crippen LogP contribution in [0.5, 0.6) is 0 Å². The van der Waals surface area contributed by atoms with E-state index in [1.54, 1.807) is 0 Å². The monoisotopic (exact) mass is 262 g/mol. The second-order valence-electron chi connectivity index (χ2n) is 4.47. The van der Waals surface area contributed by atoms with E-state index in [9.17, 15) is 0 Å². The first-order chi connectivity index (χ1) is 9.11. The van der Waals surface area contributed by atoms with E-state index in [0.717, 1.165) is 17.0 Å². The summed E-state index contributed by atoms with van der Waals surface area (Å²) in [5.41, 5.74) is 2.32. The van der Waals surface area contributed by atoms with Crippen LogP contribution < -0.4 is 10.2 Å². The van der Waals surface area contributed by atoms with Crippen molar-refractivity contribution in [3.63, 3.8) is 0 Å². The Hall–Kier alpha value is -2.15. The minimum atomic E-state index is 0.0652. The third-order valence-electron chi connectivity index (χ3n) is 2.67. The van der Waals surface area contributed by atoms with E-state index in [-0.39, 0.29) is 6.61 Å². The van der Waals surface area contributed by atoms with Crippen molar-refractivity contribution in [2.45, 2.75) is 6.92 Å². The van der Waals surface area contributed by atoms with Crippen LogP contribution in [0.4, 0.5) is 11.8 Å². The summed E-state index contributed by atoms with van der Waals surface area (Å²) in [6.45, 7) is 2.53. The molecule has 3 N–H and O–H groups in total. The molecule has 102 valence electrons. The molecule has 2 rings (SSSR count). The fourth-order valence-electron chi connectivity index (χ4n) is 1.55. The van der Waals surface area contributed by atoms with Crippen LogP contribution in [0.25, 0.3) is 11.2 Å². The molecular formula is C12H18N6O. The Morgan fingerprint density at radius 1 is 1.47 bits per heavy atom. The molecule has 0 aliphatic carbocycles. The molecule has 0 amide bonds. The molecule has 0 atom stereocenters. The highest BCUT2D eigenvalue weighted by atomic mass is 16.3. The van der Waals surface area contributed by atoms with Gasteiger partial charge in [0.15, 0.2) is 11.5 Å². The number of aliphatic hydroxyl groups excluding tert-OH is 1. The third-order valence-corrected chi connectivity index (χ3v) is 2.67. The molecule has 0 bridgehead atoms. The molecule has 0 spiro atoms. The van der Waals surface area contributed by atoms with Crippen LogP contribution >= 0.6 is 0 Å². The van der Waals surface area contributed by atoms with Crippen LogP contribution in [0.3, 0.4) is 0 Å². The number of aliphatic hydroxyl groups is 1. The molecular weight excluding hydrogens is 244 g/mol. The molecule has 0 aliphatic rings. The largest absolute Gasteiger partial charge is 0.392 e. The molecule has 0 saturated heterocycles. The lowest BCUT2D eigenvalue weighted by molar-refractivity contribution is 0.331. The summed E-state index contributed by atoms with van der Waals surface area (Å²) in [7, 11) is 3.82. The fourth-order valence-corrected chi connectivity index (χ4v) is 1.55. The number of imidazole rings is 1. The number of anilines is 2. The Kier molecular flexibility index (Phi) is 3.96. The van der Waals surface area contributed by atoms with Gasteiger partial charge in [-0.05, 0) is 6.92 Å². The van der Waals surface area contributed by atoms with Crippen LogP contribution in [0.1, 0.15) is 6.92 Å². The second kappa shape index (κ2) is 5.66. The van der Waals surface area contributed by atoms with Crippen LogP contribution in [0.2, 0.25) is 0 Å². The quantitative estimate of drug-likeness (QED) is 0.690. The highest BCUT2D eigenvalue weighted by molar-refractivity contribution is 5.84. The number of hydrogen-bond acceptors (Lipinski definition) is 6. The van der Waals surface area contributed by atoms with Gasteiger partial charge in [-0.1, -0.05) is 11.6 Å². The predicted octanol–water partition coefficient (Wildman–Crippen LogP) is 0.769. The first kappa shape index (κ1) is 13.3. The van der Waals surface area contributed by atoms with Gasteiger partial charge in [-0.2, -0.15) is 4.98 Å². The third kappa shape index (κ3) is 3.00. The van der Waals surface area contributed by atoms with E-state index in [0.29, 0.717) is 18.0 Å². The molecule has 2 heterocycles. The van der Waals surface area contributed by atoms with Crippen LogP contribution in [0.15, 0.2) is 18.0 Å². The van der Waals surface area contributed by atoms with Gasteiger partial charge < -0.3 is 20.3 Å². The average molecular weight is 262 g/mol. The van der Waals surface area contributed by atoms with E-state index in [1.807, 2.05) is 32.0 Å². The highest BCUT2D eigenvalue weighted by Crippen LogP contribution is 2.19. The number of fused-ring (bicyclic) bond motifs is 1. The summed E-state index contributed by atoms with van der Waals surface area (Å²) in [6, 6.07) is 0. The Morgan fingerprint density at radius 3 is 2.95 bits per heavy atom. The first-order valence-electron chi connectivity index (χ1n) is 6.00. The Balaban J connectivity index is 2.23. The van der Waals surface area contributed by atoms with E-state index < -0.39 is 0 Å². The fraction of sp³-hybridized carbons (Fsp3) is 0.417. The van der Waals surface area contributed by atoms with Gasteiger partial charge in [0.05, 0.1) is 6.61 Å². The number of nitrogens with one attached hydrogen (secondary N) is 2. The zero-order chi connectivity index (χ0) is 13.8. The van der Waals surface area contributed by atoms with Gasteiger partial charge >= 0.3 is 0 Å². The minimum absolute atomic E-state index is 0.0652. The van der Waals surface area contributed by atoms with Crippen molar-refractivity contribution in [3.8, 4) is 0 Å². The van der Waals surface area contributed by atoms with Crippen molar-refractivity contribution in [2.75, 3.05) is 37.5 Å². The molecule has 0 radical (unpaired) electrons. The highest BCUT2D eigenvalue weighted by Gasteiger charge is 2.09. The maximum atomic E-state index is 8.92. The summed E-state index contributed by atoms with van der Waals surface area (Å²) in [5, 5.41) is 12.1. The van der Waals surface area contributed by atoms with E-state index >= 15 is 0 Å². The normalized spacial score (nSPS) is 11.9. The van der Waals surface area contributed by atoms with Gasteiger partial charge in [-0.25, -0.2) is 9.97 Å². The molecule has 7 heteroatoms. The average Bonchev–Trinajstić information content (AvgIpc) is 2.83. The lowest BCUT2D eigenvalue weighted by atomic mass is 10.3. The van der Waals surface area contributed by atoms with Crippen LogP contribution in [-0.2, 0) is 0 Å². The summed E-state index contributed by atoms with van der Waals surface area (Å²) in [5.74, 6) is 1.44. The number of nitrogens with zero attached hydrogens (tertiary/aromatic N) is 4. The maximum Gasteiger partial charge on any atom is 0.204 e. The Labute approximate surface area is 111 Å². The zero-order valence-corrected chi connectivity index (χ0v) is 11.3. The molecule has 0 unspecified atom stereocenters. The number of rotatable bonds is 5. The van der Waals surface area contributed by atoms with Crippen molar-refractivity contribution >= 4 is 22.9 Å². The number of aromatic amines is 1. The lowest BCUT2D eigenvalue weighted by Crippen LogP contribution is -2.10. The maximum absolute atomic E-state index is 8.92. The topological polar surface area (TPSA) is 90.0 Å². The standard InChI is InChI=1S/C12H18N6O/c1-8(6-19)4-5-13-10-9-11(15-7-14-10)17-12(16-9)18(2)3/h4,7,19H,5-6H2,1-3H3,(H2,13,14,15,16,17). The number of H-pyrrole nitrogens is 1. The number of hydrogen-bond donors (Lipinski definition) is 3. The second-order valence-corrected chi connectivity index (χ2v) is 4.47. The molecule has 7 nitrogen and oxygen atoms in total. The minimum Gasteiger partial charge on any atom is -0.392 e. The zero-order valence-electron chi connectivity index (χ0n) is 11.3. The number of aromatic nitrogens is 4. The van der Waals surface area contributed by atoms with Crippen molar-refractivity contribution < 1.29 is 5.11 Å². The van der Waals surface area contributed by atoms with Crippen LogP contribution in [0, 0.1) is 0 Å². The SMILES string of the molecule is CC(=CCNc1ncnc2nc(N(C)C)[nH]c12)CO. The lowest BCUT2D eigenvalue weighted by Gasteiger charge is -2.06.